The molecular weight excluding hydrogens is 338 g/mol. The van der Waals surface area contributed by atoms with Gasteiger partial charge in [-0.05, 0) is 49.7 Å². The number of nitrogens with two attached hydrogens (primary N) is 1. The fourth-order valence-corrected chi connectivity index (χ4v) is 2.78. The zero-order chi connectivity index (χ0) is 18.4. The minimum absolute atomic E-state index is 0.0666. The second-order valence-corrected chi connectivity index (χ2v) is 7.32. The quantitative estimate of drug-likeness (QED) is 0.523. The van der Waals surface area contributed by atoms with Gasteiger partial charge in [0.05, 0.1) is 4.90 Å². The molecule has 0 spiro atoms. The summed E-state index contributed by atoms with van der Waals surface area (Å²) in [5.74, 6) is 1.06. The average molecular weight is 361 g/mol. The summed E-state index contributed by atoms with van der Waals surface area (Å²) in [5, 5.41) is 1.11. The molecule has 0 amide bonds. The lowest BCUT2D eigenvalue weighted by Crippen LogP contribution is -1.96. The first kappa shape index (κ1) is 19.0. The third-order valence-corrected chi connectivity index (χ3v) is 4.55. The van der Waals surface area contributed by atoms with Gasteiger partial charge < -0.3 is 10.2 Å². The third-order valence-electron chi connectivity index (χ3n) is 3.69. The second-order valence-electron chi connectivity index (χ2n) is 5.90. The van der Waals surface area contributed by atoms with Crippen molar-refractivity contribution >= 4 is 26.8 Å². The van der Waals surface area contributed by atoms with Crippen molar-refractivity contribution in [2.75, 3.05) is 5.73 Å². The molecule has 0 aliphatic carbocycles. The molecule has 0 saturated heterocycles. The van der Waals surface area contributed by atoms with Crippen molar-refractivity contribution in [1.82, 2.24) is 0 Å². The summed E-state index contributed by atoms with van der Waals surface area (Å²) < 4.78 is 35.2. The fraction of sp³-hybridized carbons (Fsp3) is 0.263. The van der Waals surface area contributed by atoms with Crippen LogP contribution in [0.2, 0.25) is 0 Å². The predicted molar refractivity (Wildman–Crippen MR) is 100 cm³/mol. The van der Waals surface area contributed by atoms with Gasteiger partial charge in [0.2, 0.25) is 0 Å². The van der Waals surface area contributed by atoms with Gasteiger partial charge in [-0.1, -0.05) is 31.0 Å². The third kappa shape index (κ3) is 5.62. The van der Waals surface area contributed by atoms with Crippen LogP contribution in [0.1, 0.15) is 31.1 Å². The summed E-state index contributed by atoms with van der Waals surface area (Å²) in [7, 11) is -4.02. The number of rotatable bonds is 4. The lowest BCUT2D eigenvalue weighted by Gasteiger charge is -1.95. The van der Waals surface area contributed by atoms with Gasteiger partial charge in [-0.15, -0.1) is 0 Å². The first-order chi connectivity index (χ1) is 11.8. The van der Waals surface area contributed by atoms with Crippen molar-refractivity contribution in [2.24, 2.45) is 0 Å². The molecule has 25 heavy (non-hydrogen) atoms. The Labute approximate surface area is 148 Å². The molecule has 0 aliphatic heterocycles. The number of aryl methyl sites for hydroxylation is 2. The number of hydrogen-bond acceptors (Lipinski definition) is 4. The average Bonchev–Trinajstić information content (AvgIpc) is 2.95. The smallest absolute Gasteiger partial charge is 0.294 e. The summed E-state index contributed by atoms with van der Waals surface area (Å²) in [6.45, 7) is 4.02. The van der Waals surface area contributed by atoms with Crippen LogP contribution in [-0.4, -0.2) is 13.0 Å². The molecule has 0 unspecified atom stereocenters. The minimum Gasteiger partial charge on any atom is -0.461 e. The Morgan fingerprint density at radius 2 is 1.76 bits per heavy atom. The summed E-state index contributed by atoms with van der Waals surface area (Å²) in [5.41, 5.74) is 8.37. The highest BCUT2D eigenvalue weighted by molar-refractivity contribution is 7.85. The van der Waals surface area contributed by atoms with Crippen LogP contribution in [0.4, 0.5) is 5.69 Å². The summed E-state index contributed by atoms with van der Waals surface area (Å²) in [6.07, 6.45) is 3.39. The van der Waals surface area contributed by atoms with Gasteiger partial charge in [-0.25, -0.2) is 0 Å². The van der Waals surface area contributed by atoms with Gasteiger partial charge in [-0.2, -0.15) is 8.42 Å². The van der Waals surface area contributed by atoms with E-state index in [9.17, 15) is 8.42 Å². The number of anilines is 1. The molecule has 3 N–H and O–H groups in total. The molecule has 0 atom stereocenters. The van der Waals surface area contributed by atoms with Crippen LogP contribution in [0, 0.1) is 6.92 Å². The van der Waals surface area contributed by atoms with Crippen LogP contribution < -0.4 is 5.73 Å². The fourth-order valence-electron chi connectivity index (χ4n) is 2.30. The monoisotopic (exact) mass is 361 g/mol. The molecule has 0 radical (unpaired) electrons. The zero-order valence-corrected chi connectivity index (χ0v) is 15.2. The molecule has 1 aromatic heterocycles. The van der Waals surface area contributed by atoms with E-state index in [-0.39, 0.29) is 4.90 Å². The standard InChI is InChI=1S/C12H15NO.C7H8O3S/c1-2-3-4-11-8-9-7-10(13)5-6-12(9)14-11;1-6-2-4-7(5-3-6)11(8,9)10/h5-8H,2-4,13H2,1H3;2-5H,1H3,(H,8,9,10). The zero-order valence-electron chi connectivity index (χ0n) is 14.4. The van der Waals surface area contributed by atoms with E-state index in [1.165, 1.54) is 25.0 Å². The van der Waals surface area contributed by atoms with Gasteiger partial charge in [0, 0.05) is 17.5 Å². The van der Waals surface area contributed by atoms with Gasteiger partial charge in [-0.3, -0.25) is 4.55 Å². The molecule has 2 aromatic carbocycles. The molecule has 0 aliphatic rings. The Balaban J connectivity index is 0.000000186. The highest BCUT2D eigenvalue weighted by atomic mass is 32.2. The van der Waals surface area contributed by atoms with E-state index in [0.717, 1.165) is 34.4 Å². The van der Waals surface area contributed by atoms with Crippen molar-refractivity contribution in [1.29, 1.82) is 0 Å². The van der Waals surface area contributed by atoms with E-state index in [1.54, 1.807) is 12.1 Å². The first-order valence-corrected chi connectivity index (χ1v) is 9.55. The number of fused-ring (bicyclic) bond motifs is 1. The lowest BCUT2D eigenvalue weighted by molar-refractivity contribution is 0.483. The van der Waals surface area contributed by atoms with E-state index >= 15 is 0 Å². The van der Waals surface area contributed by atoms with E-state index in [1.807, 2.05) is 25.1 Å². The van der Waals surface area contributed by atoms with Crippen LogP contribution in [0.15, 0.2) is 57.8 Å². The Kier molecular flexibility index (Phi) is 6.22. The van der Waals surface area contributed by atoms with Crippen molar-refractivity contribution < 1.29 is 17.4 Å². The summed E-state index contributed by atoms with van der Waals surface area (Å²) in [6, 6.07) is 13.8. The van der Waals surface area contributed by atoms with Crippen LogP contribution in [0.5, 0.6) is 0 Å². The van der Waals surface area contributed by atoms with Crippen LogP contribution in [-0.2, 0) is 16.5 Å². The van der Waals surface area contributed by atoms with Gasteiger partial charge in [0.15, 0.2) is 0 Å². The van der Waals surface area contributed by atoms with Gasteiger partial charge in [0.1, 0.15) is 11.3 Å². The Morgan fingerprint density at radius 1 is 1.08 bits per heavy atom. The van der Waals surface area contributed by atoms with E-state index < -0.39 is 10.1 Å². The Morgan fingerprint density at radius 3 is 2.36 bits per heavy atom. The minimum atomic E-state index is -4.02. The summed E-state index contributed by atoms with van der Waals surface area (Å²) >= 11 is 0. The largest absolute Gasteiger partial charge is 0.461 e. The highest BCUT2D eigenvalue weighted by Crippen LogP contribution is 2.22. The van der Waals surface area contributed by atoms with Crippen molar-refractivity contribution in [3.63, 3.8) is 0 Å². The van der Waals surface area contributed by atoms with Crippen molar-refractivity contribution in [3.8, 4) is 0 Å². The van der Waals surface area contributed by atoms with Gasteiger partial charge in [0.25, 0.3) is 10.1 Å². The molecule has 3 aromatic rings. The molecule has 134 valence electrons. The molecule has 5 nitrogen and oxygen atoms in total. The molecule has 0 saturated carbocycles. The number of nitrogen functional groups attached to an aromatic ring is 1. The summed E-state index contributed by atoms with van der Waals surface area (Å²) in [4.78, 5) is -0.0666. The second kappa shape index (κ2) is 8.18. The number of benzene rings is 2. The molecular formula is C19H23NO4S. The van der Waals surface area contributed by atoms with E-state index in [4.69, 9.17) is 14.7 Å². The Bertz CT molecular complexity index is 928. The topological polar surface area (TPSA) is 93.5 Å². The number of unbranched alkanes of at least 4 members (excludes halogenated alkanes) is 1. The molecule has 0 fully saturated rings. The SMILES string of the molecule is CCCCc1cc2cc(N)ccc2o1.Cc1ccc(S(=O)(=O)O)cc1. The molecule has 3 rings (SSSR count). The molecule has 0 bridgehead atoms. The van der Waals surface area contributed by atoms with Crippen molar-refractivity contribution in [3.05, 3.63) is 59.9 Å². The molecule has 1 heterocycles. The first-order valence-electron chi connectivity index (χ1n) is 8.11. The number of furan rings is 1. The lowest BCUT2D eigenvalue weighted by atomic mass is 10.2. The maximum atomic E-state index is 10.5. The van der Waals surface area contributed by atoms with Crippen molar-refractivity contribution in [2.45, 2.75) is 38.0 Å². The molecule has 6 heteroatoms. The Hall–Kier alpha value is -2.31. The van der Waals surface area contributed by atoms with Crippen LogP contribution in [0.3, 0.4) is 0 Å². The maximum Gasteiger partial charge on any atom is 0.294 e. The van der Waals surface area contributed by atoms with E-state index in [2.05, 4.69) is 13.0 Å². The van der Waals surface area contributed by atoms with Crippen LogP contribution in [0.25, 0.3) is 11.0 Å². The van der Waals surface area contributed by atoms with Gasteiger partial charge >= 0.3 is 0 Å². The maximum absolute atomic E-state index is 10.5. The van der Waals surface area contributed by atoms with Crippen LogP contribution >= 0.6 is 0 Å². The highest BCUT2D eigenvalue weighted by Gasteiger charge is 2.06. The number of hydrogen-bond donors (Lipinski definition) is 2. The predicted octanol–water partition coefficient (Wildman–Crippen LogP) is 4.60. The normalized spacial score (nSPS) is 11.2. The van der Waals surface area contributed by atoms with E-state index in [0.29, 0.717) is 0 Å².